The molecule has 1 atom stereocenters. The van der Waals surface area contributed by atoms with Gasteiger partial charge in [-0.25, -0.2) is 0 Å². The number of amides is 1. The van der Waals surface area contributed by atoms with Crippen LogP contribution in [-0.2, 0) is 10.3 Å². The van der Waals surface area contributed by atoms with Gasteiger partial charge in [0.1, 0.15) is 0 Å². The zero-order valence-corrected chi connectivity index (χ0v) is 13.9. The van der Waals surface area contributed by atoms with Crippen LogP contribution in [0.4, 0.5) is 0 Å². The zero-order chi connectivity index (χ0) is 15.7. The van der Waals surface area contributed by atoms with Crippen molar-refractivity contribution in [1.29, 1.82) is 0 Å². The fourth-order valence-electron chi connectivity index (χ4n) is 3.54. The molecule has 1 aromatic carbocycles. The van der Waals surface area contributed by atoms with Crippen LogP contribution in [0.1, 0.15) is 58.1 Å². The number of carbonyl (C=O) groups excluding carboxylic acids is 1. The van der Waals surface area contributed by atoms with Crippen molar-refractivity contribution in [3.05, 3.63) is 35.4 Å². The molecule has 1 aromatic rings. The first-order chi connectivity index (χ1) is 9.74. The molecule has 3 nitrogen and oxygen atoms in total. The molecule has 0 aliphatic heterocycles. The number of hydrogen-bond acceptors (Lipinski definition) is 2. The standard InChI is InChI=1S/C18H28N2O/c1-13-8-6-7-9-16(13)18(10-11-18)19-14(2)12-17(4,5)20-15(3)21/h6-9,14,19H,10-12H2,1-5H3,(H,20,21). The molecule has 0 radical (unpaired) electrons. The molecule has 3 heteroatoms. The van der Waals surface area contributed by atoms with Gasteiger partial charge in [0, 0.05) is 24.0 Å². The molecule has 116 valence electrons. The Morgan fingerprint density at radius 2 is 1.95 bits per heavy atom. The molecular weight excluding hydrogens is 260 g/mol. The molecule has 21 heavy (non-hydrogen) atoms. The molecule has 0 heterocycles. The van der Waals surface area contributed by atoms with Crippen LogP contribution in [0.25, 0.3) is 0 Å². The Morgan fingerprint density at radius 1 is 1.33 bits per heavy atom. The normalized spacial score (nSPS) is 18.1. The van der Waals surface area contributed by atoms with Crippen molar-refractivity contribution < 1.29 is 4.79 Å². The van der Waals surface area contributed by atoms with Gasteiger partial charge in [0.2, 0.25) is 5.91 Å². The van der Waals surface area contributed by atoms with Crippen LogP contribution in [0.3, 0.4) is 0 Å². The highest BCUT2D eigenvalue weighted by molar-refractivity contribution is 5.73. The lowest BCUT2D eigenvalue weighted by Gasteiger charge is -2.32. The Kier molecular flexibility index (Phi) is 4.43. The second-order valence-corrected chi connectivity index (χ2v) is 7.21. The van der Waals surface area contributed by atoms with E-state index in [-0.39, 0.29) is 17.0 Å². The first-order valence-corrected chi connectivity index (χ1v) is 7.87. The van der Waals surface area contributed by atoms with Gasteiger partial charge in [-0.15, -0.1) is 0 Å². The molecule has 1 aliphatic carbocycles. The Morgan fingerprint density at radius 3 is 2.48 bits per heavy atom. The molecule has 2 rings (SSSR count). The van der Waals surface area contributed by atoms with E-state index in [1.54, 1.807) is 6.92 Å². The second-order valence-electron chi connectivity index (χ2n) is 7.21. The molecule has 0 spiro atoms. The molecular formula is C18H28N2O. The van der Waals surface area contributed by atoms with E-state index in [0.29, 0.717) is 6.04 Å². The van der Waals surface area contributed by atoms with Crippen LogP contribution >= 0.6 is 0 Å². The van der Waals surface area contributed by atoms with Crippen molar-refractivity contribution in [1.82, 2.24) is 10.6 Å². The fourth-order valence-corrected chi connectivity index (χ4v) is 3.54. The van der Waals surface area contributed by atoms with Gasteiger partial charge in [0.15, 0.2) is 0 Å². The van der Waals surface area contributed by atoms with Gasteiger partial charge in [0.25, 0.3) is 0 Å². The van der Waals surface area contributed by atoms with Crippen LogP contribution in [0.15, 0.2) is 24.3 Å². The van der Waals surface area contributed by atoms with E-state index in [9.17, 15) is 4.79 Å². The number of benzene rings is 1. The lowest BCUT2D eigenvalue weighted by molar-refractivity contribution is -0.120. The van der Waals surface area contributed by atoms with Crippen molar-refractivity contribution in [2.24, 2.45) is 0 Å². The number of aryl methyl sites for hydroxylation is 1. The van der Waals surface area contributed by atoms with Crippen molar-refractivity contribution in [2.45, 2.75) is 71.0 Å². The maximum Gasteiger partial charge on any atom is 0.217 e. The van der Waals surface area contributed by atoms with Crippen molar-refractivity contribution in [2.75, 3.05) is 0 Å². The number of carbonyl (C=O) groups is 1. The quantitative estimate of drug-likeness (QED) is 0.843. The van der Waals surface area contributed by atoms with Gasteiger partial charge in [-0.3, -0.25) is 4.79 Å². The smallest absolute Gasteiger partial charge is 0.217 e. The first-order valence-electron chi connectivity index (χ1n) is 7.87. The Bertz CT molecular complexity index is 518. The minimum absolute atomic E-state index is 0.0345. The van der Waals surface area contributed by atoms with E-state index >= 15 is 0 Å². The topological polar surface area (TPSA) is 41.1 Å². The summed E-state index contributed by atoms with van der Waals surface area (Å²) in [4.78, 5) is 11.3. The van der Waals surface area contributed by atoms with Crippen LogP contribution in [0, 0.1) is 6.92 Å². The molecule has 0 bridgehead atoms. The van der Waals surface area contributed by atoms with E-state index < -0.39 is 0 Å². The second kappa shape index (κ2) is 5.80. The average Bonchev–Trinajstić information content (AvgIpc) is 3.07. The highest BCUT2D eigenvalue weighted by Gasteiger charge is 2.45. The largest absolute Gasteiger partial charge is 0.351 e. The summed E-state index contributed by atoms with van der Waals surface area (Å²) >= 11 is 0. The van der Waals surface area contributed by atoms with E-state index in [0.717, 1.165) is 6.42 Å². The third-order valence-corrected chi connectivity index (χ3v) is 4.26. The molecule has 2 N–H and O–H groups in total. The number of rotatable bonds is 6. The van der Waals surface area contributed by atoms with Crippen LogP contribution in [0.2, 0.25) is 0 Å². The van der Waals surface area contributed by atoms with Crippen LogP contribution < -0.4 is 10.6 Å². The van der Waals surface area contributed by atoms with Crippen molar-refractivity contribution in [3.8, 4) is 0 Å². The minimum atomic E-state index is -0.180. The Hall–Kier alpha value is -1.35. The first kappa shape index (κ1) is 16.0. The molecule has 1 fully saturated rings. The van der Waals surface area contributed by atoms with E-state index in [4.69, 9.17) is 0 Å². The zero-order valence-electron chi connectivity index (χ0n) is 13.9. The van der Waals surface area contributed by atoms with E-state index in [1.165, 1.54) is 24.0 Å². The summed E-state index contributed by atoms with van der Waals surface area (Å²) in [6.45, 7) is 10.1. The minimum Gasteiger partial charge on any atom is -0.351 e. The highest BCUT2D eigenvalue weighted by atomic mass is 16.1. The van der Waals surface area contributed by atoms with Gasteiger partial charge in [-0.1, -0.05) is 24.3 Å². The molecule has 0 saturated heterocycles. The SMILES string of the molecule is CC(=O)NC(C)(C)CC(C)NC1(c2ccccc2C)CC1. The third-order valence-electron chi connectivity index (χ3n) is 4.26. The monoisotopic (exact) mass is 288 g/mol. The van der Waals surface area contributed by atoms with Crippen LogP contribution in [-0.4, -0.2) is 17.5 Å². The van der Waals surface area contributed by atoms with Gasteiger partial charge < -0.3 is 10.6 Å². The maximum atomic E-state index is 11.3. The molecule has 1 unspecified atom stereocenters. The summed E-state index contributed by atoms with van der Waals surface area (Å²) in [7, 11) is 0. The van der Waals surface area contributed by atoms with E-state index in [1.807, 2.05) is 0 Å². The maximum absolute atomic E-state index is 11.3. The summed E-state index contributed by atoms with van der Waals surface area (Å²) in [5.41, 5.74) is 2.75. The molecule has 1 saturated carbocycles. The van der Waals surface area contributed by atoms with Gasteiger partial charge in [0.05, 0.1) is 0 Å². The molecule has 1 aliphatic rings. The van der Waals surface area contributed by atoms with Gasteiger partial charge in [-0.05, 0) is 58.1 Å². The summed E-state index contributed by atoms with van der Waals surface area (Å²) < 4.78 is 0. The van der Waals surface area contributed by atoms with Crippen LogP contribution in [0.5, 0.6) is 0 Å². The molecule has 0 aromatic heterocycles. The third kappa shape index (κ3) is 4.07. The Balaban J connectivity index is 2.01. The predicted octanol–water partition coefficient (Wildman–Crippen LogP) is 3.27. The van der Waals surface area contributed by atoms with Gasteiger partial charge in [-0.2, -0.15) is 0 Å². The number of nitrogens with one attached hydrogen (secondary N) is 2. The molecule has 1 amide bonds. The Labute approximate surface area is 128 Å². The summed E-state index contributed by atoms with van der Waals surface area (Å²) in [6.07, 6.45) is 3.31. The summed E-state index contributed by atoms with van der Waals surface area (Å²) in [6, 6.07) is 8.99. The highest BCUT2D eigenvalue weighted by Crippen LogP contribution is 2.47. The summed E-state index contributed by atoms with van der Waals surface area (Å²) in [5.74, 6) is 0.0345. The lowest BCUT2D eigenvalue weighted by Crippen LogP contribution is -2.48. The predicted molar refractivity (Wildman–Crippen MR) is 87.2 cm³/mol. The van der Waals surface area contributed by atoms with Gasteiger partial charge >= 0.3 is 0 Å². The number of hydrogen-bond donors (Lipinski definition) is 2. The van der Waals surface area contributed by atoms with Crippen molar-refractivity contribution >= 4 is 5.91 Å². The summed E-state index contributed by atoms with van der Waals surface area (Å²) in [5, 5.41) is 6.83. The lowest BCUT2D eigenvalue weighted by atomic mass is 9.93. The van der Waals surface area contributed by atoms with E-state index in [2.05, 4.69) is 62.6 Å². The van der Waals surface area contributed by atoms with Crippen molar-refractivity contribution in [3.63, 3.8) is 0 Å². The average molecular weight is 288 g/mol. The fraction of sp³-hybridized carbons (Fsp3) is 0.611.